The van der Waals surface area contributed by atoms with Crippen LogP contribution in [0.25, 0.3) is 17.1 Å². The van der Waals surface area contributed by atoms with Crippen LogP contribution in [0.1, 0.15) is 21.7 Å². The van der Waals surface area contributed by atoms with Crippen LogP contribution in [0.4, 0.5) is 5.69 Å². The van der Waals surface area contributed by atoms with Gasteiger partial charge in [-0.25, -0.2) is 4.98 Å². The highest BCUT2D eigenvalue weighted by Crippen LogP contribution is 2.16. The summed E-state index contributed by atoms with van der Waals surface area (Å²) in [6.07, 6.45) is 1.97. The third-order valence-electron chi connectivity index (χ3n) is 5.32. The number of nitro benzene ring substituents is 1. The number of fused-ring (bicyclic) bond motifs is 1. The molecule has 182 valence electrons. The van der Waals surface area contributed by atoms with Crippen molar-refractivity contribution in [3.8, 4) is 5.75 Å². The molecule has 0 saturated heterocycles. The smallest absolute Gasteiger partial charge is 0.270 e. The van der Waals surface area contributed by atoms with E-state index in [1.54, 1.807) is 31.4 Å². The first kappa shape index (κ1) is 24.1. The van der Waals surface area contributed by atoms with Crippen molar-refractivity contribution >= 4 is 34.6 Å². The second kappa shape index (κ2) is 11.0. The largest absolute Gasteiger partial charge is 0.497 e. The van der Waals surface area contributed by atoms with E-state index in [-0.39, 0.29) is 23.5 Å². The van der Waals surface area contributed by atoms with Crippen molar-refractivity contribution in [3.63, 3.8) is 0 Å². The van der Waals surface area contributed by atoms with Crippen LogP contribution < -0.4 is 15.4 Å². The van der Waals surface area contributed by atoms with Gasteiger partial charge in [0, 0.05) is 30.7 Å². The third kappa shape index (κ3) is 5.92. The number of ether oxygens (including phenoxy) is 1. The molecule has 0 spiro atoms. The number of nitro groups is 1. The summed E-state index contributed by atoms with van der Waals surface area (Å²) >= 11 is 0. The Balaban J connectivity index is 1.50. The maximum atomic E-state index is 13.0. The number of aromatic amines is 1. The quantitative estimate of drug-likeness (QED) is 0.188. The first-order valence-corrected chi connectivity index (χ1v) is 11.1. The van der Waals surface area contributed by atoms with Crippen molar-refractivity contribution in [1.29, 1.82) is 0 Å². The molecule has 0 aliphatic heterocycles. The van der Waals surface area contributed by atoms with Crippen molar-refractivity contribution in [3.05, 3.63) is 106 Å². The number of H-pyrrole nitrogens is 1. The Labute approximate surface area is 206 Å². The normalized spacial score (nSPS) is 11.2. The zero-order chi connectivity index (χ0) is 25.5. The Morgan fingerprint density at radius 3 is 2.58 bits per heavy atom. The molecule has 2 amide bonds. The van der Waals surface area contributed by atoms with E-state index in [1.165, 1.54) is 24.3 Å². The number of para-hydroxylation sites is 2. The van der Waals surface area contributed by atoms with E-state index in [0.29, 0.717) is 17.7 Å². The van der Waals surface area contributed by atoms with E-state index in [4.69, 9.17) is 4.74 Å². The Morgan fingerprint density at radius 1 is 1.08 bits per heavy atom. The lowest BCUT2D eigenvalue weighted by molar-refractivity contribution is -0.384. The molecule has 4 aromatic rings. The average molecular weight is 486 g/mol. The Hall–Kier alpha value is -4.99. The molecule has 0 fully saturated rings. The molecule has 0 bridgehead atoms. The number of rotatable bonds is 9. The Morgan fingerprint density at radius 2 is 1.86 bits per heavy atom. The number of hydrogen-bond acceptors (Lipinski definition) is 6. The van der Waals surface area contributed by atoms with E-state index < -0.39 is 16.7 Å². The van der Waals surface area contributed by atoms with Gasteiger partial charge in [0.05, 0.1) is 23.1 Å². The summed E-state index contributed by atoms with van der Waals surface area (Å²) in [5.41, 5.74) is 2.21. The number of nitrogens with zero attached hydrogens (tertiary/aromatic N) is 2. The molecule has 0 radical (unpaired) electrons. The van der Waals surface area contributed by atoms with E-state index in [1.807, 2.05) is 24.3 Å². The molecule has 1 heterocycles. The van der Waals surface area contributed by atoms with E-state index in [0.717, 1.165) is 22.9 Å². The van der Waals surface area contributed by atoms with Gasteiger partial charge in [-0.05, 0) is 42.0 Å². The number of carbonyl (C=O) groups is 2. The highest BCUT2D eigenvalue weighted by molar-refractivity contribution is 6.05. The van der Waals surface area contributed by atoms with Crippen molar-refractivity contribution in [2.24, 2.45) is 0 Å². The molecular formula is C26H23N5O5. The molecule has 10 heteroatoms. The molecule has 4 rings (SSSR count). The zero-order valence-corrected chi connectivity index (χ0v) is 19.4. The minimum atomic E-state index is -0.647. The van der Waals surface area contributed by atoms with Gasteiger partial charge in [-0.3, -0.25) is 19.7 Å². The monoisotopic (exact) mass is 485 g/mol. The van der Waals surface area contributed by atoms with Crippen molar-refractivity contribution in [2.45, 2.75) is 6.42 Å². The summed E-state index contributed by atoms with van der Waals surface area (Å²) < 4.78 is 5.16. The van der Waals surface area contributed by atoms with Crippen LogP contribution in [-0.4, -0.2) is 40.4 Å². The SMILES string of the molecule is COc1ccc(C=C(NC(=O)c2cccc([N+](=O)[O-])c2)C(=O)NCCc2nc3ccccc3[nH]2)cc1. The fraction of sp³-hybridized carbons (Fsp3) is 0.115. The summed E-state index contributed by atoms with van der Waals surface area (Å²) in [6.45, 7) is 0.269. The van der Waals surface area contributed by atoms with E-state index >= 15 is 0 Å². The van der Waals surface area contributed by atoms with Crippen molar-refractivity contribution in [1.82, 2.24) is 20.6 Å². The van der Waals surface area contributed by atoms with Crippen LogP contribution in [0, 0.1) is 10.1 Å². The predicted octanol–water partition coefficient (Wildman–Crippen LogP) is 3.61. The fourth-order valence-electron chi connectivity index (χ4n) is 3.49. The van der Waals surface area contributed by atoms with Gasteiger partial charge >= 0.3 is 0 Å². The van der Waals surface area contributed by atoms with Crippen LogP contribution >= 0.6 is 0 Å². The van der Waals surface area contributed by atoms with Gasteiger partial charge < -0.3 is 20.4 Å². The molecule has 1 aromatic heterocycles. The number of imidazole rings is 1. The number of carbonyl (C=O) groups excluding carboxylic acids is 2. The highest BCUT2D eigenvalue weighted by Gasteiger charge is 2.17. The molecule has 3 N–H and O–H groups in total. The van der Waals surface area contributed by atoms with Gasteiger partial charge in [0.2, 0.25) is 0 Å². The zero-order valence-electron chi connectivity index (χ0n) is 19.4. The number of aromatic nitrogens is 2. The molecule has 0 unspecified atom stereocenters. The molecule has 36 heavy (non-hydrogen) atoms. The lowest BCUT2D eigenvalue weighted by Crippen LogP contribution is -2.35. The Kier molecular flexibility index (Phi) is 7.35. The van der Waals surface area contributed by atoms with Gasteiger partial charge in [0.1, 0.15) is 17.3 Å². The summed E-state index contributed by atoms with van der Waals surface area (Å²) in [5.74, 6) is 0.203. The molecule has 0 saturated carbocycles. The van der Waals surface area contributed by atoms with Crippen LogP contribution in [-0.2, 0) is 11.2 Å². The maximum absolute atomic E-state index is 13.0. The second-order valence-electron chi connectivity index (χ2n) is 7.80. The summed E-state index contributed by atoms with van der Waals surface area (Å²) in [5, 5.41) is 16.4. The number of nitrogens with one attached hydrogen (secondary N) is 3. The summed E-state index contributed by atoms with van der Waals surface area (Å²) in [4.78, 5) is 44.0. The lowest BCUT2D eigenvalue weighted by Gasteiger charge is -2.11. The Bertz CT molecular complexity index is 1410. The number of amides is 2. The molecule has 10 nitrogen and oxygen atoms in total. The van der Waals surface area contributed by atoms with E-state index in [2.05, 4.69) is 20.6 Å². The van der Waals surface area contributed by atoms with Crippen molar-refractivity contribution in [2.75, 3.05) is 13.7 Å². The van der Waals surface area contributed by atoms with E-state index in [9.17, 15) is 19.7 Å². The first-order chi connectivity index (χ1) is 17.4. The topological polar surface area (TPSA) is 139 Å². The van der Waals surface area contributed by atoms with Gasteiger partial charge in [0.15, 0.2) is 0 Å². The molecule has 0 atom stereocenters. The molecule has 0 aliphatic rings. The minimum Gasteiger partial charge on any atom is -0.497 e. The van der Waals surface area contributed by atoms with Crippen LogP contribution in [0.3, 0.4) is 0 Å². The van der Waals surface area contributed by atoms with Gasteiger partial charge in [0.25, 0.3) is 17.5 Å². The second-order valence-corrected chi connectivity index (χ2v) is 7.80. The van der Waals surface area contributed by atoms with Crippen molar-refractivity contribution < 1.29 is 19.2 Å². The van der Waals surface area contributed by atoms with Gasteiger partial charge in [-0.1, -0.05) is 30.3 Å². The number of benzene rings is 3. The van der Waals surface area contributed by atoms with Gasteiger partial charge in [-0.15, -0.1) is 0 Å². The lowest BCUT2D eigenvalue weighted by atomic mass is 10.1. The maximum Gasteiger partial charge on any atom is 0.270 e. The van der Waals surface area contributed by atoms with Crippen LogP contribution in [0.15, 0.2) is 78.5 Å². The minimum absolute atomic E-state index is 0.0127. The fourth-order valence-corrected chi connectivity index (χ4v) is 3.49. The third-order valence-corrected chi connectivity index (χ3v) is 5.32. The number of hydrogen-bond donors (Lipinski definition) is 3. The molecule has 3 aromatic carbocycles. The standard InChI is InChI=1S/C26H23N5O5/c1-36-20-11-9-17(10-12-20)15-23(30-25(32)18-5-4-6-19(16-18)31(34)35)26(33)27-14-13-24-28-21-7-2-3-8-22(21)29-24/h2-12,15-16H,13-14H2,1H3,(H,27,33)(H,28,29)(H,30,32). The van der Waals surface area contributed by atoms with Gasteiger partial charge in [-0.2, -0.15) is 0 Å². The average Bonchev–Trinajstić information content (AvgIpc) is 3.31. The predicted molar refractivity (Wildman–Crippen MR) is 134 cm³/mol. The highest BCUT2D eigenvalue weighted by atomic mass is 16.6. The number of non-ortho nitro benzene ring substituents is 1. The van der Waals surface area contributed by atoms with Crippen LogP contribution in [0.5, 0.6) is 5.75 Å². The first-order valence-electron chi connectivity index (χ1n) is 11.1. The summed E-state index contributed by atoms with van der Waals surface area (Å²) in [6, 6.07) is 19.8. The molecule has 0 aliphatic carbocycles. The summed E-state index contributed by atoms with van der Waals surface area (Å²) in [7, 11) is 1.55. The molecular weight excluding hydrogens is 462 g/mol. The number of methoxy groups -OCH3 is 1. The van der Waals surface area contributed by atoms with Crippen LogP contribution in [0.2, 0.25) is 0 Å².